The molecule has 2 heterocycles. The highest BCUT2D eigenvalue weighted by molar-refractivity contribution is 5.80. The van der Waals surface area contributed by atoms with Gasteiger partial charge in [0.2, 0.25) is 0 Å². The van der Waals surface area contributed by atoms with Crippen molar-refractivity contribution in [3.05, 3.63) is 30.1 Å². The second-order valence-electron chi connectivity index (χ2n) is 6.61. The van der Waals surface area contributed by atoms with Gasteiger partial charge in [-0.25, -0.2) is 0 Å². The standard InChI is InChI=1S/C18H31N5/c1-5-19-18(21-11-9-16-8-6-7-10-20-16)22-17-13-23(14(2)3)12-15(17)4/h6-8,10,14-15,17H,5,9,11-13H2,1-4H3,(H2,19,21,22). The highest BCUT2D eigenvalue weighted by atomic mass is 15.3. The fraction of sp³-hybridized carbons (Fsp3) is 0.667. The number of nitrogens with zero attached hydrogens (tertiary/aromatic N) is 3. The molecule has 1 saturated heterocycles. The van der Waals surface area contributed by atoms with Crippen molar-refractivity contribution in [2.24, 2.45) is 10.9 Å². The number of guanidine groups is 1. The second-order valence-corrected chi connectivity index (χ2v) is 6.61. The van der Waals surface area contributed by atoms with E-state index in [1.54, 1.807) is 0 Å². The lowest BCUT2D eigenvalue weighted by Crippen LogP contribution is -2.47. The quantitative estimate of drug-likeness (QED) is 0.622. The summed E-state index contributed by atoms with van der Waals surface area (Å²) in [4.78, 5) is 11.6. The van der Waals surface area contributed by atoms with E-state index in [1.807, 2.05) is 18.3 Å². The van der Waals surface area contributed by atoms with E-state index < -0.39 is 0 Å². The maximum atomic E-state index is 4.71. The van der Waals surface area contributed by atoms with Crippen LogP contribution in [-0.4, -0.2) is 54.1 Å². The minimum Gasteiger partial charge on any atom is -0.357 e. The molecule has 1 aliphatic rings. The smallest absolute Gasteiger partial charge is 0.191 e. The maximum absolute atomic E-state index is 4.71. The van der Waals surface area contributed by atoms with Gasteiger partial charge in [-0.05, 0) is 38.8 Å². The molecule has 0 aliphatic carbocycles. The molecule has 1 aliphatic heterocycles. The molecule has 1 aromatic heterocycles. The summed E-state index contributed by atoms with van der Waals surface area (Å²) in [5.41, 5.74) is 1.09. The van der Waals surface area contributed by atoms with Crippen LogP contribution < -0.4 is 10.6 Å². The lowest BCUT2D eigenvalue weighted by molar-refractivity contribution is 0.265. The van der Waals surface area contributed by atoms with Crippen LogP contribution in [0.4, 0.5) is 0 Å². The highest BCUT2D eigenvalue weighted by Gasteiger charge is 2.31. The number of pyridine rings is 1. The Morgan fingerprint density at radius 3 is 2.83 bits per heavy atom. The van der Waals surface area contributed by atoms with Gasteiger partial charge in [-0.15, -0.1) is 0 Å². The Labute approximate surface area is 140 Å². The summed E-state index contributed by atoms with van der Waals surface area (Å²) in [5.74, 6) is 1.56. The summed E-state index contributed by atoms with van der Waals surface area (Å²) in [5, 5.41) is 6.97. The summed E-state index contributed by atoms with van der Waals surface area (Å²) in [6.07, 6.45) is 2.71. The van der Waals surface area contributed by atoms with Crippen LogP contribution in [0.1, 0.15) is 33.4 Å². The predicted octanol–water partition coefficient (Wildman–Crippen LogP) is 1.91. The Balaban J connectivity index is 1.89. The molecule has 0 saturated carbocycles. The van der Waals surface area contributed by atoms with Gasteiger partial charge in [0, 0.05) is 56.6 Å². The molecule has 0 amide bonds. The van der Waals surface area contributed by atoms with Crippen LogP contribution in [0.15, 0.2) is 29.4 Å². The van der Waals surface area contributed by atoms with Crippen molar-refractivity contribution in [3.63, 3.8) is 0 Å². The zero-order chi connectivity index (χ0) is 16.7. The fourth-order valence-corrected chi connectivity index (χ4v) is 2.94. The molecule has 0 aromatic carbocycles. The van der Waals surface area contributed by atoms with Crippen LogP contribution in [0.3, 0.4) is 0 Å². The average molecular weight is 317 g/mol. The van der Waals surface area contributed by atoms with E-state index in [9.17, 15) is 0 Å². The largest absolute Gasteiger partial charge is 0.357 e. The third kappa shape index (κ3) is 5.50. The van der Waals surface area contributed by atoms with Crippen molar-refractivity contribution in [1.82, 2.24) is 20.5 Å². The van der Waals surface area contributed by atoms with Crippen LogP contribution in [-0.2, 0) is 6.42 Å². The number of hydrogen-bond donors (Lipinski definition) is 2. The molecule has 23 heavy (non-hydrogen) atoms. The number of aromatic nitrogens is 1. The molecule has 2 unspecified atom stereocenters. The Bertz CT molecular complexity index is 485. The van der Waals surface area contributed by atoms with Gasteiger partial charge in [-0.3, -0.25) is 14.9 Å². The first kappa shape index (κ1) is 17.7. The van der Waals surface area contributed by atoms with Gasteiger partial charge in [0.25, 0.3) is 0 Å². The molecule has 128 valence electrons. The van der Waals surface area contributed by atoms with E-state index in [0.29, 0.717) is 18.0 Å². The molecular weight excluding hydrogens is 286 g/mol. The lowest BCUT2D eigenvalue weighted by atomic mass is 10.1. The van der Waals surface area contributed by atoms with E-state index in [-0.39, 0.29) is 0 Å². The molecule has 2 rings (SSSR count). The normalized spacial score (nSPS) is 22.6. The molecule has 0 radical (unpaired) electrons. The number of nitrogens with one attached hydrogen (secondary N) is 2. The third-order valence-electron chi connectivity index (χ3n) is 4.40. The molecule has 1 aromatic rings. The number of aliphatic imine (C=N–C) groups is 1. The zero-order valence-electron chi connectivity index (χ0n) is 14.9. The number of hydrogen-bond acceptors (Lipinski definition) is 3. The van der Waals surface area contributed by atoms with Gasteiger partial charge in [0.15, 0.2) is 5.96 Å². The first-order valence-electron chi connectivity index (χ1n) is 8.79. The molecule has 0 spiro atoms. The Hall–Kier alpha value is -1.62. The number of rotatable bonds is 6. The van der Waals surface area contributed by atoms with Crippen molar-refractivity contribution >= 4 is 5.96 Å². The third-order valence-corrected chi connectivity index (χ3v) is 4.40. The molecular formula is C18H31N5. The molecule has 1 fully saturated rings. The SMILES string of the molecule is CCNC(=NCCc1ccccn1)NC1CN(C(C)C)CC1C. The molecule has 5 heteroatoms. The minimum absolute atomic E-state index is 0.463. The molecule has 2 atom stereocenters. The second kappa shape index (κ2) is 8.87. The Morgan fingerprint density at radius 1 is 1.39 bits per heavy atom. The van der Waals surface area contributed by atoms with E-state index in [4.69, 9.17) is 4.99 Å². The predicted molar refractivity (Wildman–Crippen MR) is 96.7 cm³/mol. The topological polar surface area (TPSA) is 52.6 Å². The van der Waals surface area contributed by atoms with Crippen molar-refractivity contribution < 1.29 is 0 Å². The van der Waals surface area contributed by atoms with Crippen molar-refractivity contribution in [3.8, 4) is 0 Å². The van der Waals surface area contributed by atoms with Gasteiger partial charge in [-0.1, -0.05) is 13.0 Å². The van der Waals surface area contributed by atoms with Crippen molar-refractivity contribution in [2.75, 3.05) is 26.2 Å². The monoisotopic (exact) mass is 317 g/mol. The highest BCUT2D eigenvalue weighted by Crippen LogP contribution is 2.18. The van der Waals surface area contributed by atoms with Crippen molar-refractivity contribution in [1.29, 1.82) is 0 Å². The Morgan fingerprint density at radius 2 is 2.22 bits per heavy atom. The summed E-state index contributed by atoms with van der Waals surface area (Å²) >= 11 is 0. The fourth-order valence-electron chi connectivity index (χ4n) is 2.94. The van der Waals surface area contributed by atoms with Gasteiger partial charge in [0.1, 0.15) is 0 Å². The Kier molecular flexibility index (Phi) is 6.84. The average Bonchev–Trinajstić information content (AvgIpc) is 2.90. The van der Waals surface area contributed by atoms with Gasteiger partial charge in [0.05, 0.1) is 0 Å². The first-order valence-corrected chi connectivity index (χ1v) is 8.79. The number of likely N-dealkylation sites (tertiary alicyclic amines) is 1. The first-order chi connectivity index (χ1) is 11.1. The summed E-state index contributed by atoms with van der Waals surface area (Å²) in [7, 11) is 0. The molecule has 0 bridgehead atoms. The van der Waals surface area contributed by atoms with Gasteiger partial charge in [-0.2, -0.15) is 0 Å². The molecule has 2 N–H and O–H groups in total. The minimum atomic E-state index is 0.463. The van der Waals surface area contributed by atoms with Crippen LogP contribution in [0.25, 0.3) is 0 Å². The zero-order valence-corrected chi connectivity index (χ0v) is 14.9. The van der Waals surface area contributed by atoms with E-state index in [2.05, 4.69) is 54.3 Å². The summed E-state index contributed by atoms with van der Waals surface area (Å²) in [6.45, 7) is 12.8. The molecule has 5 nitrogen and oxygen atoms in total. The van der Waals surface area contributed by atoms with E-state index in [0.717, 1.165) is 44.3 Å². The summed E-state index contributed by atoms with van der Waals surface area (Å²) in [6, 6.07) is 7.09. The van der Waals surface area contributed by atoms with E-state index >= 15 is 0 Å². The van der Waals surface area contributed by atoms with E-state index in [1.165, 1.54) is 0 Å². The summed E-state index contributed by atoms with van der Waals surface area (Å²) < 4.78 is 0. The lowest BCUT2D eigenvalue weighted by Gasteiger charge is -2.21. The maximum Gasteiger partial charge on any atom is 0.191 e. The van der Waals surface area contributed by atoms with Gasteiger partial charge < -0.3 is 10.6 Å². The van der Waals surface area contributed by atoms with Crippen LogP contribution >= 0.6 is 0 Å². The van der Waals surface area contributed by atoms with Gasteiger partial charge >= 0.3 is 0 Å². The van der Waals surface area contributed by atoms with Crippen molar-refractivity contribution in [2.45, 2.75) is 46.2 Å². The van der Waals surface area contributed by atoms with Crippen LogP contribution in [0, 0.1) is 5.92 Å². The van der Waals surface area contributed by atoms with Crippen LogP contribution in [0.5, 0.6) is 0 Å². The van der Waals surface area contributed by atoms with Crippen LogP contribution in [0.2, 0.25) is 0 Å².